The normalized spacial score (nSPS) is 11.1. The number of halogens is 1. The predicted octanol–water partition coefficient (Wildman–Crippen LogP) is 2.52. The van der Waals surface area contributed by atoms with Crippen LogP contribution in [-0.2, 0) is 20.1 Å². The summed E-state index contributed by atoms with van der Waals surface area (Å²) in [4.78, 5) is 6.48. The van der Waals surface area contributed by atoms with Crippen molar-refractivity contribution in [1.82, 2.24) is 14.5 Å². The number of aromatic nitrogens is 2. The molecular weight excluding hydrogens is 294 g/mol. The maximum atomic E-state index is 9.45. The Hall–Kier alpha value is -1.33. The molecule has 2 rings (SSSR count). The molecule has 0 aliphatic heterocycles. The highest BCUT2D eigenvalue weighted by Crippen LogP contribution is 2.24. The summed E-state index contributed by atoms with van der Waals surface area (Å²) < 4.78 is 2.74. The second-order valence-electron chi connectivity index (χ2n) is 4.41. The van der Waals surface area contributed by atoms with Crippen LogP contribution < -0.4 is 0 Å². The molecule has 5 heteroatoms. The third-order valence-electron chi connectivity index (χ3n) is 2.80. The fourth-order valence-electron chi connectivity index (χ4n) is 1.81. The number of phenolic OH excluding ortho intramolecular Hbond substituents is 1. The Kier molecular flexibility index (Phi) is 4.04. The first-order valence-electron chi connectivity index (χ1n) is 5.68. The summed E-state index contributed by atoms with van der Waals surface area (Å²) in [5.41, 5.74) is 1.15. The first-order chi connectivity index (χ1) is 8.56. The summed E-state index contributed by atoms with van der Waals surface area (Å²) in [5.74, 6) is 1.31. The van der Waals surface area contributed by atoms with Crippen LogP contribution in [0.2, 0.25) is 0 Å². The largest absolute Gasteiger partial charge is 0.507 e. The zero-order valence-corrected chi connectivity index (χ0v) is 12.1. The third kappa shape index (κ3) is 3.11. The van der Waals surface area contributed by atoms with Gasteiger partial charge in [0.15, 0.2) is 0 Å². The van der Waals surface area contributed by atoms with Crippen molar-refractivity contribution in [3.05, 3.63) is 46.5 Å². The van der Waals surface area contributed by atoms with Gasteiger partial charge in [0, 0.05) is 26.0 Å². The summed E-state index contributed by atoms with van der Waals surface area (Å²) in [5, 5.41) is 9.45. The van der Waals surface area contributed by atoms with E-state index in [4.69, 9.17) is 0 Å². The van der Waals surface area contributed by atoms with E-state index in [1.165, 1.54) is 0 Å². The summed E-state index contributed by atoms with van der Waals surface area (Å²) in [7, 11) is 4.04. The van der Waals surface area contributed by atoms with Gasteiger partial charge in [0.2, 0.25) is 0 Å². The molecule has 1 N–H and O–H groups in total. The smallest absolute Gasteiger partial charge is 0.129 e. The van der Waals surface area contributed by atoms with E-state index in [1.807, 2.05) is 29.9 Å². The molecule has 0 unspecified atom stereocenters. The maximum absolute atomic E-state index is 9.45. The van der Waals surface area contributed by atoms with Crippen molar-refractivity contribution in [3.63, 3.8) is 0 Å². The highest BCUT2D eigenvalue weighted by atomic mass is 79.9. The lowest BCUT2D eigenvalue weighted by Gasteiger charge is -2.16. The van der Waals surface area contributed by atoms with Gasteiger partial charge in [0.25, 0.3) is 0 Å². The maximum Gasteiger partial charge on any atom is 0.129 e. The number of imidazole rings is 1. The molecule has 0 saturated heterocycles. The Balaban J connectivity index is 2.01. The number of benzene rings is 1. The SMILES string of the molecule is CN(Cc1ccc(O)c(Br)c1)Cc1nccn1C. The molecule has 1 aromatic heterocycles. The third-order valence-corrected chi connectivity index (χ3v) is 3.43. The van der Waals surface area contributed by atoms with Crippen LogP contribution in [0.15, 0.2) is 35.1 Å². The Bertz CT molecular complexity index is 539. The van der Waals surface area contributed by atoms with Crippen LogP contribution in [0.4, 0.5) is 0 Å². The molecule has 2 aromatic rings. The lowest BCUT2D eigenvalue weighted by molar-refractivity contribution is 0.307. The quantitative estimate of drug-likeness (QED) is 0.943. The van der Waals surface area contributed by atoms with Crippen molar-refractivity contribution in [1.29, 1.82) is 0 Å². The molecule has 4 nitrogen and oxygen atoms in total. The lowest BCUT2D eigenvalue weighted by atomic mass is 10.2. The number of aromatic hydroxyl groups is 1. The van der Waals surface area contributed by atoms with Gasteiger partial charge >= 0.3 is 0 Å². The minimum Gasteiger partial charge on any atom is -0.507 e. The van der Waals surface area contributed by atoms with Gasteiger partial charge in [-0.2, -0.15) is 0 Å². The molecule has 1 aromatic carbocycles. The van der Waals surface area contributed by atoms with Crippen molar-refractivity contribution in [3.8, 4) is 5.75 Å². The zero-order chi connectivity index (χ0) is 13.1. The summed E-state index contributed by atoms with van der Waals surface area (Å²) in [6.45, 7) is 1.60. The second kappa shape index (κ2) is 5.54. The minimum atomic E-state index is 0.269. The van der Waals surface area contributed by atoms with E-state index >= 15 is 0 Å². The van der Waals surface area contributed by atoms with Gasteiger partial charge in [-0.25, -0.2) is 4.98 Å². The van der Waals surface area contributed by atoms with Crippen molar-refractivity contribution in [2.45, 2.75) is 13.1 Å². The number of hydrogen-bond donors (Lipinski definition) is 1. The van der Waals surface area contributed by atoms with Crippen LogP contribution in [0, 0.1) is 0 Å². The molecule has 0 bridgehead atoms. The Morgan fingerprint density at radius 1 is 1.39 bits per heavy atom. The molecule has 0 radical (unpaired) electrons. The number of aryl methyl sites for hydroxylation is 1. The highest BCUT2D eigenvalue weighted by Gasteiger charge is 2.06. The number of phenols is 1. The van der Waals surface area contributed by atoms with Gasteiger partial charge < -0.3 is 9.67 Å². The minimum absolute atomic E-state index is 0.269. The monoisotopic (exact) mass is 309 g/mol. The van der Waals surface area contributed by atoms with Gasteiger partial charge in [0.1, 0.15) is 11.6 Å². The molecule has 0 aliphatic carbocycles. The standard InChI is InChI=1S/C13H16BrN3O/c1-16(9-13-15-5-6-17(13)2)8-10-3-4-12(18)11(14)7-10/h3-7,18H,8-9H2,1-2H3. The van der Waals surface area contributed by atoms with Crippen LogP contribution in [0.1, 0.15) is 11.4 Å². The molecule has 0 atom stereocenters. The Labute approximate surface area is 115 Å². The van der Waals surface area contributed by atoms with Crippen LogP contribution >= 0.6 is 15.9 Å². The summed E-state index contributed by atoms with van der Waals surface area (Å²) in [6, 6.07) is 5.56. The molecule has 1 heterocycles. The van der Waals surface area contributed by atoms with Gasteiger partial charge in [-0.1, -0.05) is 6.07 Å². The van der Waals surface area contributed by atoms with Gasteiger partial charge in [0.05, 0.1) is 11.0 Å². The van der Waals surface area contributed by atoms with Crippen molar-refractivity contribution < 1.29 is 5.11 Å². The Morgan fingerprint density at radius 3 is 2.78 bits per heavy atom. The molecule has 18 heavy (non-hydrogen) atoms. The van der Waals surface area contributed by atoms with Crippen LogP contribution in [0.3, 0.4) is 0 Å². The first kappa shape index (κ1) is 13.1. The zero-order valence-electron chi connectivity index (χ0n) is 10.5. The fourth-order valence-corrected chi connectivity index (χ4v) is 2.23. The average Bonchev–Trinajstić information content (AvgIpc) is 2.70. The van der Waals surface area contributed by atoms with Crippen molar-refractivity contribution >= 4 is 15.9 Å². The summed E-state index contributed by atoms with van der Waals surface area (Å²) >= 11 is 3.32. The van der Waals surface area contributed by atoms with E-state index in [1.54, 1.807) is 12.3 Å². The van der Waals surface area contributed by atoms with Gasteiger partial charge in [-0.05, 0) is 40.7 Å². The first-order valence-corrected chi connectivity index (χ1v) is 6.47. The van der Waals surface area contributed by atoms with Crippen molar-refractivity contribution in [2.24, 2.45) is 7.05 Å². The lowest BCUT2D eigenvalue weighted by Crippen LogP contribution is -2.19. The molecule has 96 valence electrons. The van der Waals surface area contributed by atoms with Gasteiger partial charge in [-0.3, -0.25) is 4.90 Å². The van der Waals surface area contributed by atoms with E-state index in [0.717, 1.165) is 29.0 Å². The average molecular weight is 310 g/mol. The van der Waals surface area contributed by atoms with Gasteiger partial charge in [-0.15, -0.1) is 0 Å². The fraction of sp³-hybridized carbons (Fsp3) is 0.308. The van der Waals surface area contributed by atoms with E-state index in [9.17, 15) is 5.11 Å². The molecule has 0 fully saturated rings. The van der Waals surface area contributed by atoms with E-state index < -0.39 is 0 Å². The molecule has 0 saturated carbocycles. The Morgan fingerprint density at radius 2 is 2.17 bits per heavy atom. The van der Waals surface area contributed by atoms with Crippen LogP contribution in [-0.4, -0.2) is 26.6 Å². The van der Waals surface area contributed by atoms with Crippen molar-refractivity contribution in [2.75, 3.05) is 7.05 Å². The van der Waals surface area contributed by atoms with E-state index in [-0.39, 0.29) is 5.75 Å². The second-order valence-corrected chi connectivity index (χ2v) is 5.27. The van der Waals surface area contributed by atoms with E-state index in [2.05, 4.69) is 32.9 Å². The predicted molar refractivity (Wildman–Crippen MR) is 74.2 cm³/mol. The van der Waals surface area contributed by atoms with Crippen LogP contribution in [0.25, 0.3) is 0 Å². The van der Waals surface area contributed by atoms with Crippen LogP contribution in [0.5, 0.6) is 5.75 Å². The summed E-state index contributed by atoms with van der Waals surface area (Å²) in [6.07, 6.45) is 3.75. The molecule has 0 amide bonds. The molecule has 0 spiro atoms. The topological polar surface area (TPSA) is 41.3 Å². The molecule has 0 aliphatic rings. The molecular formula is C13H16BrN3O. The number of rotatable bonds is 4. The number of nitrogens with zero attached hydrogens (tertiary/aromatic N) is 3. The van der Waals surface area contributed by atoms with E-state index in [0.29, 0.717) is 0 Å². The number of hydrogen-bond acceptors (Lipinski definition) is 3. The highest BCUT2D eigenvalue weighted by molar-refractivity contribution is 9.10.